The molecule has 1 aromatic rings. The zero-order chi connectivity index (χ0) is 15.0. The van der Waals surface area contributed by atoms with Crippen molar-refractivity contribution < 1.29 is 9.72 Å². The average Bonchev–Trinajstić information content (AvgIpc) is 2.42. The van der Waals surface area contributed by atoms with Crippen molar-refractivity contribution in [3.05, 3.63) is 49.9 Å². The normalized spacial score (nSPS) is 9.65. The van der Waals surface area contributed by atoms with Crippen LogP contribution in [0.1, 0.15) is 28.8 Å². The molecule has 0 aliphatic carbocycles. The van der Waals surface area contributed by atoms with E-state index in [-0.39, 0.29) is 11.3 Å². The second-order valence-corrected chi connectivity index (χ2v) is 4.20. The molecule has 0 fully saturated rings. The van der Waals surface area contributed by atoms with E-state index in [9.17, 15) is 14.9 Å². The van der Waals surface area contributed by atoms with Crippen LogP contribution in [0, 0.1) is 17.0 Å². The number of benzene rings is 1. The van der Waals surface area contributed by atoms with E-state index in [2.05, 4.69) is 15.3 Å². The van der Waals surface area contributed by atoms with E-state index in [1.165, 1.54) is 12.1 Å². The van der Waals surface area contributed by atoms with Gasteiger partial charge in [0.2, 0.25) is 0 Å². The molecule has 8 nitrogen and oxygen atoms in total. The summed E-state index contributed by atoms with van der Waals surface area (Å²) in [5.41, 5.74) is 8.73. The molecule has 20 heavy (non-hydrogen) atoms. The van der Waals surface area contributed by atoms with Crippen LogP contribution in [0.4, 0.5) is 5.69 Å². The number of nitrogens with one attached hydrogen (secondary N) is 1. The Bertz CT molecular complexity index is 552. The van der Waals surface area contributed by atoms with Gasteiger partial charge in [-0.3, -0.25) is 14.9 Å². The summed E-state index contributed by atoms with van der Waals surface area (Å²) < 4.78 is 0. The Hall–Kier alpha value is -2.60. The Morgan fingerprint density at radius 1 is 1.50 bits per heavy atom. The minimum absolute atomic E-state index is 0.0602. The van der Waals surface area contributed by atoms with Gasteiger partial charge in [0.05, 0.1) is 4.92 Å². The highest BCUT2D eigenvalue weighted by molar-refractivity contribution is 5.98. The molecule has 1 rings (SSSR count). The molecule has 0 saturated heterocycles. The molecule has 0 aliphatic heterocycles. The lowest BCUT2D eigenvalue weighted by Gasteiger charge is -2.06. The zero-order valence-corrected chi connectivity index (χ0v) is 11.1. The van der Waals surface area contributed by atoms with Gasteiger partial charge in [-0.15, -0.1) is 0 Å². The topological polar surface area (TPSA) is 121 Å². The van der Waals surface area contributed by atoms with Gasteiger partial charge in [0.15, 0.2) is 0 Å². The summed E-state index contributed by atoms with van der Waals surface area (Å²) >= 11 is 0. The van der Waals surface area contributed by atoms with Crippen molar-refractivity contribution in [2.24, 2.45) is 5.11 Å². The van der Waals surface area contributed by atoms with Gasteiger partial charge in [-0.25, -0.2) is 0 Å². The number of nitro benzene ring substituents is 1. The first kappa shape index (κ1) is 15.5. The summed E-state index contributed by atoms with van der Waals surface area (Å²) in [6.45, 7) is 2.52. The van der Waals surface area contributed by atoms with Crippen LogP contribution in [-0.2, 0) is 0 Å². The molecule has 0 radical (unpaired) electrons. The molecule has 1 amide bonds. The van der Waals surface area contributed by atoms with Crippen molar-refractivity contribution in [1.82, 2.24) is 5.32 Å². The highest BCUT2D eigenvalue weighted by atomic mass is 16.6. The van der Waals surface area contributed by atoms with Crippen molar-refractivity contribution in [3.63, 3.8) is 0 Å². The number of carbonyl (C=O) groups excluding carboxylic acids is 1. The van der Waals surface area contributed by atoms with Crippen molar-refractivity contribution in [3.8, 4) is 0 Å². The number of hydrogen-bond donors (Lipinski definition) is 1. The third kappa shape index (κ3) is 4.58. The Kier molecular flexibility index (Phi) is 5.99. The molecule has 0 heterocycles. The summed E-state index contributed by atoms with van der Waals surface area (Å²) in [5.74, 6) is -0.468. The van der Waals surface area contributed by atoms with Gasteiger partial charge >= 0.3 is 0 Å². The number of rotatable bonds is 7. The summed E-state index contributed by atoms with van der Waals surface area (Å²) in [6, 6.07) is 4.41. The number of nitro groups is 1. The van der Waals surface area contributed by atoms with Crippen LogP contribution in [0.25, 0.3) is 10.4 Å². The number of carbonyl (C=O) groups is 1. The van der Waals surface area contributed by atoms with Gasteiger partial charge < -0.3 is 5.32 Å². The highest BCUT2D eigenvalue weighted by Gasteiger charge is 2.19. The summed E-state index contributed by atoms with van der Waals surface area (Å²) in [5, 5.41) is 16.9. The lowest BCUT2D eigenvalue weighted by atomic mass is 10.1. The van der Waals surface area contributed by atoms with Crippen LogP contribution in [-0.4, -0.2) is 23.9 Å². The SMILES string of the molecule is Cc1ccc([N+](=O)[O-])c(C(=O)NCCCCN=[N+]=[N-])c1. The maximum Gasteiger partial charge on any atom is 0.282 e. The highest BCUT2D eigenvalue weighted by Crippen LogP contribution is 2.19. The van der Waals surface area contributed by atoms with E-state index >= 15 is 0 Å². The molecule has 0 saturated carbocycles. The van der Waals surface area contributed by atoms with Crippen LogP contribution in [0.2, 0.25) is 0 Å². The van der Waals surface area contributed by atoms with Crippen LogP contribution < -0.4 is 5.32 Å². The maximum absolute atomic E-state index is 11.9. The van der Waals surface area contributed by atoms with Gasteiger partial charge in [-0.2, -0.15) is 0 Å². The Morgan fingerprint density at radius 3 is 2.90 bits per heavy atom. The van der Waals surface area contributed by atoms with Crippen molar-refractivity contribution in [2.45, 2.75) is 19.8 Å². The number of azide groups is 1. The van der Waals surface area contributed by atoms with Crippen LogP contribution >= 0.6 is 0 Å². The van der Waals surface area contributed by atoms with Crippen LogP contribution in [0.15, 0.2) is 23.3 Å². The fourth-order valence-corrected chi connectivity index (χ4v) is 1.64. The standard InChI is InChI=1S/C12H15N5O3/c1-9-4-5-11(17(19)20)10(8-9)12(18)14-6-2-3-7-15-16-13/h4-5,8H,2-3,6-7H2,1H3,(H,14,18). The lowest BCUT2D eigenvalue weighted by Crippen LogP contribution is -2.25. The van der Waals surface area contributed by atoms with E-state index in [0.29, 0.717) is 25.9 Å². The van der Waals surface area contributed by atoms with Gasteiger partial charge in [0.25, 0.3) is 11.6 Å². The molecular formula is C12H15N5O3. The molecule has 0 atom stereocenters. The quantitative estimate of drug-likeness (QED) is 0.206. The molecule has 0 bridgehead atoms. The van der Waals surface area contributed by atoms with Crippen molar-refractivity contribution in [1.29, 1.82) is 0 Å². The summed E-state index contributed by atoms with van der Waals surface area (Å²) in [4.78, 5) is 24.8. The molecule has 0 aromatic heterocycles. The number of hydrogen-bond acceptors (Lipinski definition) is 4. The lowest BCUT2D eigenvalue weighted by molar-refractivity contribution is -0.385. The fraction of sp³-hybridized carbons (Fsp3) is 0.417. The van der Waals surface area contributed by atoms with Gasteiger partial charge in [0.1, 0.15) is 5.56 Å². The Labute approximate surface area is 115 Å². The largest absolute Gasteiger partial charge is 0.352 e. The first-order chi connectivity index (χ1) is 9.56. The van der Waals surface area contributed by atoms with Crippen molar-refractivity contribution >= 4 is 11.6 Å². The molecule has 8 heteroatoms. The molecule has 1 aromatic carbocycles. The second-order valence-electron chi connectivity index (χ2n) is 4.20. The predicted molar refractivity (Wildman–Crippen MR) is 73.4 cm³/mol. The summed E-state index contributed by atoms with van der Waals surface area (Å²) in [6.07, 6.45) is 1.30. The van der Waals surface area contributed by atoms with Gasteiger partial charge in [0, 0.05) is 24.1 Å². The number of unbranched alkanes of at least 4 members (excludes halogenated alkanes) is 1. The van der Waals surface area contributed by atoms with Crippen molar-refractivity contribution in [2.75, 3.05) is 13.1 Å². The van der Waals surface area contributed by atoms with Gasteiger partial charge in [-0.05, 0) is 36.9 Å². The molecule has 106 valence electrons. The summed E-state index contributed by atoms with van der Waals surface area (Å²) in [7, 11) is 0. The van der Waals surface area contributed by atoms with E-state index < -0.39 is 10.8 Å². The van der Waals surface area contributed by atoms with E-state index in [1.54, 1.807) is 13.0 Å². The van der Waals surface area contributed by atoms with E-state index in [0.717, 1.165) is 5.56 Å². The maximum atomic E-state index is 11.9. The molecular weight excluding hydrogens is 262 g/mol. The Morgan fingerprint density at radius 2 is 2.25 bits per heavy atom. The molecule has 1 N–H and O–H groups in total. The third-order valence-corrected chi connectivity index (χ3v) is 2.63. The second kappa shape index (κ2) is 7.75. The first-order valence-electron chi connectivity index (χ1n) is 6.10. The minimum Gasteiger partial charge on any atom is -0.352 e. The fourth-order valence-electron chi connectivity index (χ4n) is 1.64. The van der Waals surface area contributed by atoms with Crippen LogP contribution in [0.3, 0.4) is 0 Å². The number of amides is 1. The number of aryl methyl sites for hydroxylation is 1. The molecule has 0 spiro atoms. The van der Waals surface area contributed by atoms with Crippen LogP contribution in [0.5, 0.6) is 0 Å². The number of nitrogens with zero attached hydrogens (tertiary/aromatic N) is 4. The Balaban J connectivity index is 2.61. The monoisotopic (exact) mass is 277 g/mol. The smallest absolute Gasteiger partial charge is 0.282 e. The van der Waals surface area contributed by atoms with Gasteiger partial charge in [-0.1, -0.05) is 11.2 Å². The van der Waals surface area contributed by atoms with E-state index in [1.807, 2.05) is 0 Å². The van der Waals surface area contributed by atoms with E-state index in [4.69, 9.17) is 5.53 Å². The minimum atomic E-state index is -0.573. The average molecular weight is 277 g/mol. The molecule has 0 aliphatic rings. The third-order valence-electron chi connectivity index (χ3n) is 2.63. The zero-order valence-electron chi connectivity index (χ0n) is 11.1. The first-order valence-corrected chi connectivity index (χ1v) is 6.10. The predicted octanol–water partition coefficient (Wildman–Crippen LogP) is 2.72. The molecule has 0 unspecified atom stereocenters.